The first kappa shape index (κ1) is 15.0. The fraction of sp³-hybridized carbons (Fsp3) is 0.533. The number of imide groups is 1. The van der Waals surface area contributed by atoms with E-state index in [4.69, 9.17) is 0 Å². The Morgan fingerprint density at radius 2 is 2.18 bits per heavy atom. The topological polar surface area (TPSA) is 78.5 Å². The Morgan fingerprint density at radius 3 is 2.82 bits per heavy atom. The Balaban J connectivity index is 1.68. The van der Waals surface area contributed by atoms with Crippen molar-refractivity contribution in [2.24, 2.45) is 0 Å². The van der Waals surface area contributed by atoms with Crippen molar-refractivity contribution in [2.75, 3.05) is 6.54 Å². The van der Waals surface area contributed by atoms with E-state index < -0.39 is 11.6 Å². The van der Waals surface area contributed by atoms with Crippen LogP contribution < -0.4 is 10.6 Å². The lowest BCUT2D eigenvalue weighted by atomic mass is 10.0. The molecule has 22 heavy (non-hydrogen) atoms. The summed E-state index contributed by atoms with van der Waals surface area (Å²) in [5.41, 5.74) is -1.07. The molecule has 1 aliphatic carbocycles. The summed E-state index contributed by atoms with van der Waals surface area (Å²) in [4.78, 5) is 38.5. The molecular weight excluding hydrogens is 302 g/mol. The van der Waals surface area contributed by atoms with Gasteiger partial charge in [-0.05, 0) is 31.2 Å². The van der Waals surface area contributed by atoms with Crippen LogP contribution in [0.1, 0.15) is 37.5 Å². The maximum Gasteiger partial charge on any atom is 0.325 e. The van der Waals surface area contributed by atoms with E-state index in [0.717, 1.165) is 35.5 Å². The monoisotopic (exact) mass is 321 g/mol. The predicted octanol–water partition coefficient (Wildman–Crippen LogP) is 1.57. The summed E-state index contributed by atoms with van der Waals surface area (Å²) >= 11 is 1.41. The predicted molar refractivity (Wildman–Crippen MR) is 82.3 cm³/mol. The first-order chi connectivity index (χ1) is 10.5. The Bertz CT molecular complexity index is 595. The van der Waals surface area contributed by atoms with Crippen molar-refractivity contribution in [3.05, 3.63) is 22.4 Å². The SMILES string of the molecule is CC1(c2cccs2)NC(=O)N(CC(=O)NC2CCCC2)C1=O. The lowest BCUT2D eigenvalue weighted by Crippen LogP contribution is -2.44. The molecule has 3 rings (SSSR count). The van der Waals surface area contributed by atoms with Crippen LogP contribution in [-0.2, 0) is 15.1 Å². The van der Waals surface area contributed by atoms with E-state index in [1.165, 1.54) is 11.3 Å². The van der Waals surface area contributed by atoms with E-state index in [9.17, 15) is 14.4 Å². The molecule has 4 amide bonds. The maximum absolute atomic E-state index is 12.6. The molecule has 6 nitrogen and oxygen atoms in total. The molecule has 1 unspecified atom stereocenters. The summed E-state index contributed by atoms with van der Waals surface area (Å²) < 4.78 is 0. The summed E-state index contributed by atoms with van der Waals surface area (Å²) in [6.07, 6.45) is 4.17. The molecule has 118 valence electrons. The second-order valence-electron chi connectivity index (χ2n) is 5.97. The lowest BCUT2D eigenvalue weighted by molar-refractivity contribution is -0.134. The van der Waals surface area contributed by atoms with Gasteiger partial charge in [-0.2, -0.15) is 0 Å². The van der Waals surface area contributed by atoms with E-state index in [1.54, 1.807) is 6.92 Å². The van der Waals surface area contributed by atoms with E-state index in [-0.39, 0.29) is 24.4 Å². The fourth-order valence-electron chi connectivity index (χ4n) is 3.06. The minimum atomic E-state index is -1.07. The van der Waals surface area contributed by atoms with Crippen molar-refractivity contribution in [1.82, 2.24) is 15.5 Å². The van der Waals surface area contributed by atoms with E-state index >= 15 is 0 Å². The number of carbonyl (C=O) groups excluding carboxylic acids is 3. The van der Waals surface area contributed by atoms with Gasteiger partial charge in [0, 0.05) is 10.9 Å². The van der Waals surface area contributed by atoms with Crippen LogP contribution in [0.15, 0.2) is 17.5 Å². The lowest BCUT2D eigenvalue weighted by Gasteiger charge is -2.20. The number of hydrogen-bond donors (Lipinski definition) is 2. The van der Waals surface area contributed by atoms with Gasteiger partial charge in [-0.1, -0.05) is 18.9 Å². The van der Waals surface area contributed by atoms with Gasteiger partial charge in [0.25, 0.3) is 5.91 Å². The van der Waals surface area contributed by atoms with Gasteiger partial charge in [0.1, 0.15) is 6.54 Å². The van der Waals surface area contributed by atoms with Crippen LogP contribution >= 0.6 is 11.3 Å². The minimum absolute atomic E-state index is 0.178. The van der Waals surface area contributed by atoms with Crippen molar-refractivity contribution in [2.45, 2.75) is 44.2 Å². The van der Waals surface area contributed by atoms with Gasteiger partial charge in [0.2, 0.25) is 5.91 Å². The zero-order valence-electron chi connectivity index (χ0n) is 12.4. The molecule has 0 spiro atoms. The average molecular weight is 321 g/mol. The summed E-state index contributed by atoms with van der Waals surface area (Å²) in [5, 5.41) is 7.45. The van der Waals surface area contributed by atoms with Crippen molar-refractivity contribution in [1.29, 1.82) is 0 Å². The van der Waals surface area contributed by atoms with Crippen LogP contribution in [0.5, 0.6) is 0 Å². The molecule has 2 N–H and O–H groups in total. The summed E-state index contributed by atoms with van der Waals surface area (Å²) in [7, 11) is 0. The standard InChI is InChI=1S/C15H19N3O3S/c1-15(11-7-4-8-22-11)13(20)18(14(21)17-15)9-12(19)16-10-5-2-3-6-10/h4,7-8,10H,2-3,5-6,9H2,1H3,(H,16,19)(H,17,21). The number of amides is 4. The quantitative estimate of drug-likeness (QED) is 0.826. The molecule has 1 aromatic rings. The van der Waals surface area contributed by atoms with Crippen LogP contribution in [0.25, 0.3) is 0 Å². The second kappa shape index (κ2) is 5.72. The molecule has 0 bridgehead atoms. The average Bonchev–Trinajstić information content (AvgIpc) is 3.19. The third-order valence-electron chi connectivity index (χ3n) is 4.31. The Labute approximate surface area is 132 Å². The number of rotatable bonds is 4. The molecule has 2 fully saturated rings. The summed E-state index contributed by atoms with van der Waals surface area (Å²) in [6.45, 7) is 1.45. The zero-order valence-corrected chi connectivity index (χ0v) is 13.2. The van der Waals surface area contributed by atoms with Gasteiger partial charge in [0.05, 0.1) is 0 Å². The van der Waals surface area contributed by atoms with Crippen LogP contribution in [0, 0.1) is 0 Å². The molecule has 1 aromatic heterocycles. The van der Waals surface area contributed by atoms with Crippen LogP contribution in [-0.4, -0.2) is 35.3 Å². The number of nitrogens with zero attached hydrogens (tertiary/aromatic N) is 1. The van der Waals surface area contributed by atoms with E-state index in [0.29, 0.717) is 0 Å². The van der Waals surface area contributed by atoms with E-state index in [2.05, 4.69) is 10.6 Å². The van der Waals surface area contributed by atoms with Gasteiger partial charge in [-0.3, -0.25) is 14.5 Å². The number of hydrogen-bond acceptors (Lipinski definition) is 4. The Kier molecular flexibility index (Phi) is 3.90. The van der Waals surface area contributed by atoms with Gasteiger partial charge >= 0.3 is 6.03 Å². The minimum Gasteiger partial charge on any atom is -0.352 e. The maximum atomic E-state index is 12.6. The highest BCUT2D eigenvalue weighted by Gasteiger charge is 2.50. The first-order valence-corrected chi connectivity index (χ1v) is 8.36. The molecule has 1 saturated heterocycles. The van der Waals surface area contributed by atoms with Crippen molar-refractivity contribution < 1.29 is 14.4 Å². The molecule has 2 aliphatic rings. The fourth-order valence-corrected chi connectivity index (χ4v) is 3.89. The molecule has 1 aliphatic heterocycles. The molecular formula is C15H19N3O3S. The number of urea groups is 1. The summed E-state index contributed by atoms with van der Waals surface area (Å²) in [5.74, 6) is -0.646. The van der Waals surface area contributed by atoms with Crippen LogP contribution in [0.2, 0.25) is 0 Å². The van der Waals surface area contributed by atoms with Gasteiger partial charge in [-0.15, -0.1) is 11.3 Å². The molecule has 1 saturated carbocycles. The molecule has 0 aromatic carbocycles. The normalized spacial score (nSPS) is 25.6. The third kappa shape index (κ3) is 2.61. The molecule has 2 heterocycles. The summed E-state index contributed by atoms with van der Waals surface area (Å²) in [6, 6.07) is 3.31. The van der Waals surface area contributed by atoms with Crippen molar-refractivity contribution in [3.63, 3.8) is 0 Å². The first-order valence-electron chi connectivity index (χ1n) is 7.48. The van der Waals surface area contributed by atoms with E-state index in [1.807, 2.05) is 17.5 Å². The number of carbonyl (C=O) groups is 3. The molecule has 1 atom stereocenters. The Hall–Kier alpha value is -1.89. The highest BCUT2D eigenvalue weighted by molar-refractivity contribution is 7.10. The van der Waals surface area contributed by atoms with Crippen LogP contribution in [0.4, 0.5) is 4.79 Å². The van der Waals surface area contributed by atoms with Crippen molar-refractivity contribution in [3.8, 4) is 0 Å². The van der Waals surface area contributed by atoms with Gasteiger partial charge in [0.15, 0.2) is 5.54 Å². The molecule has 0 radical (unpaired) electrons. The number of nitrogens with one attached hydrogen (secondary N) is 2. The van der Waals surface area contributed by atoms with Gasteiger partial charge in [-0.25, -0.2) is 4.79 Å². The zero-order chi connectivity index (χ0) is 15.7. The van der Waals surface area contributed by atoms with Crippen molar-refractivity contribution >= 4 is 29.2 Å². The largest absolute Gasteiger partial charge is 0.352 e. The highest BCUT2D eigenvalue weighted by atomic mass is 32.1. The smallest absolute Gasteiger partial charge is 0.325 e. The third-order valence-corrected chi connectivity index (χ3v) is 5.40. The highest BCUT2D eigenvalue weighted by Crippen LogP contribution is 2.31. The Morgan fingerprint density at radius 1 is 1.45 bits per heavy atom. The molecule has 7 heteroatoms. The van der Waals surface area contributed by atoms with Gasteiger partial charge < -0.3 is 10.6 Å². The second-order valence-corrected chi connectivity index (χ2v) is 6.92. The van der Waals surface area contributed by atoms with Crippen LogP contribution in [0.3, 0.4) is 0 Å². The number of thiophene rings is 1.